The summed E-state index contributed by atoms with van der Waals surface area (Å²) in [7, 11) is 6.33. The Morgan fingerprint density at radius 2 is 1.25 bits per heavy atom. The second-order valence-electron chi connectivity index (χ2n) is 5.95. The van der Waals surface area contributed by atoms with Gasteiger partial charge in [-0.25, -0.2) is 0 Å². The van der Waals surface area contributed by atoms with Crippen LogP contribution in [0.4, 0.5) is 0 Å². The molecule has 0 heterocycles. The summed E-state index contributed by atoms with van der Waals surface area (Å²) in [6.45, 7) is 2.17. The zero-order valence-corrected chi connectivity index (χ0v) is 16.9. The first-order valence-corrected chi connectivity index (χ1v) is 8.67. The minimum absolute atomic E-state index is 0.315. The van der Waals surface area contributed by atoms with Gasteiger partial charge in [0.25, 0.3) is 0 Å². The average Bonchev–Trinajstić information content (AvgIpc) is 2.75. The lowest BCUT2D eigenvalue weighted by Crippen LogP contribution is -2.11. The van der Waals surface area contributed by atoms with Gasteiger partial charge in [0.05, 0.1) is 39.8 Å². The van der Waals surface area contributed by atoms with E-state index in [4.69, 9.17) is 30.4 Å². The van der Waals surface area contributed by atoms with Crippen LogP contribution in [0.5, 0.6) is 23.0 Å². The van der Waals surface area contributed by atoms with E-state index in [0.29, 0.717) is 40.9 Å². The third-order valence-corrected chi connectivity index (χ3v) is 4.20. The zero-order chi connectivity index (χ0) is 20.7. The van der Waals surface area contributed by atoms with Crippen molar-refractivity contribution in [2.45, 2.75) is 6.92 Å². The maximum Gasteiger partial charge on any atom is 0.161 e. The molecule has 0 atom stereocenters. The van der Waals surface area contributed by atoms with Crippen molar-refractivity contribution in [1.29, 1.82) is 0 Å². The van der Waals surface area contributed by atoms with Crippen LogP contribution < -0.4 is 30.4 Å². The second kappa shape index (κ2) is 9.66. The van der Waals surface area contributed by atoms with E-state index in [-0.39, 0.29) is 0 Å². The van der Waals surface area contributed by atoms with Gasteiger partial charge >= 0.3 is 0 Å². The smallest absolute Gasteiger partial charge is 0.161 e. The fourth-order valence-corrected chi connectivity index (χ4v) is 2.64. The van der Waals surface area contributed by atoms with Crippen LogP contribution in [0.3, 0.4) is 0 Å². The van der Waals surface area contributed by atoms with Crippen molar-refractivity contribution in [3.05, 3.63) is 47.5 Å². The molecule has 2 rings (SSSR count). The van der Waals surface area contributed by atoms with Gasteiger partial charge in [-0.15, -0.1) is 0 Å². The summed E-state index contributed by atoms with van der Waals surface area (Å²) < 4.78 is 21.4. The van der Waals surface area contributed by atoms with Crippen molar-refractivity contribution >= 4 is 17.1 Å². The number of rotatable bonds is 8. The Labute approximate surface area is 165 Å². The fourth-order valence-electron chi connectivity index (χ4n) is 2.64. The van der Waals surface area contributed by atoms with Crippen LogP contribution in [0.2, 0.25) is 0 Å². The summed E-state index contributed by atoms with van der Waals surface area (Å²) in [6, 6.07) is 11.0. The first-order valence-electron chi connectivity index (χ1n) is 8.67. The molecular formula is C21H27N3O4. The summed E-state index contributed by atoms with van der Waals surface area (Å²) in [4.78, 5) is 4.65. The predicted octanol–water partition coefficient (Wildman–Crippen LogP) is 2.93. The first-order chi connectivity index (χ1) is 13.5. The number of nitrogens with zero attached hydrogens (tertiary/aromatic N) is 1. The first kappa shape index (κ1) is 21.1. The Balaban J connectivity index is 2.69. The molecule has 0 aliphatic carbocycles. The van der Waals surface area contributed by atoms with E-state index < -0.39 is 0 Å². The third-order valence-electron chi connectivity index (χ3n) is 4.20. The van der Waals surface area contributed by atoms with E-state index in [1.807, 2.05) is 37.3 Å². The molecule has 0 aromatic heterocycles. The van der Waals surface area contributed by atoms with Gasteiger partial charge in [-0.1, -0.05) is 0 Å². The molecule has 0 radical (unpaired) electrons. The Morgan fingerprint density at radius 1 is 0.786 bits per heavy atom. The number of hydrogen-bond acceptors (Lipinski definition) is 7. The molecule has 0 saturated carbocycles. The van der Waals surface area contributed by atoms with E-state index in [1.54, 1.807) is 34.5 Å². The van der Waals surface area contributed by atoms with Gasteiger partial charge in [0.2, 0.25) is 0 Å². The standard InChI is InChI=1S/C21H27N3O4/c1-13(12-22)24-21(15-7-9-17(26-3)19(11-15)28-5)20(23)14-6-8-16(25-2)18(10-14)27-4/h6-11H,12,22-23H2,1-5H3/b21-20-,24-13?. The lowest BCUT2D eigenvalue weighted by molar-refractivity contribution is 0.355. The summed E-state index contributed by atoms with van der Waals surface area (Å²) in [5.74, 6) is 2.40. The van der Waals surface area contributed by atoms with Gasteiger partial charge in [-0.3, -0.25) is 4.99 Å². The van der Waals surface area contributed by atoms with E-state index in [1.165, 1.54) is 0 Å². The number of methoxy groups -OCH3 is 4. The normalized spacial score (nSPS) is 12.3. The van der Waals surface area contributed by atoms with Gasteiger partial charge < -0.3 is 30.4 Å². The van der Waals surface area contributed by atoms with Crippen molar-refractivity contribution < 1.29 is 18.9 Å². The van der Waals surface area contributed by atoms with E-state index >= 15 is 0 Å². The zero-order valence-electron chi connectivity index (χ0n) is 16.9. The molecule has 2 aromatic carbocycles. The van der Waals surface area contributed by atoms with E-state index in [2.05, 4.69) is 4.99 Å². The van der Waals surface area contributed by atoms with Gasteiger partial charge in [0.1, 0.15) is 0 Å². The molecule has 0 fully saturated rings. The third kappa shape index (κ3) is 4.55. The maximum atomic E-state index is 6.51. The minimum atomic E-state index is 0.315. The number of ether oxygens (including phenoxy) is 4. The van der Waals surface area contributed by atoms with Gasteiger partial charge in [0, 0.05) is 23.4 Å². The molecule has 7 nitrogen and oxygen atoms in total. The van der Waals surface area contributed by atoms with Crippen LogP contribution in [0.1, 0.15) is 18.1 Å². The Morgan fingerprint density at radius 3 is 1.71 bits per heavy atom. The Hall–Kier alpha value is -3.19. The second-order valence-corrected chi connectivity index (χ2v) is 5.95. The largest absolute Gasteiger partial charge is 0.493 e. The molecule has 28 heavy (non-hydrogen) atoms. The number of nitrogens with two attached hydrogens (primary N) is 2. The van der Waals surface area contributed by atoms with Crippen LogP contribution in [0.15, 0.2) is 41.4 Å². The van der Waals surface area contributed by atoms with Gasteiger partial charge in [-0.2, -0.15) is 0 Å². The highest BCUT2D eigenvalue weighted by Crippen LogP contribution is 2.35. The van der Waals surface area contributed by atoms with Gasteiger partial charge in [-0.05, 0) is 43.3 Å². The number of aliphatic imine (C=N–C) groups is 1. The van der Waals surface area contributed by atoms with Gasteiger partial charge in [0.15, 0.2) is 23.0 Å². The summed E-state index contributed by atoms with van der Waals surface area (Å²) in [6.07, 6.45) is 0. The highest BCUT2D eigenvalue weighted by molar-refractivity contribution is 5.97. The molecular weight excluding hydrogens is 358 g/mol. The molecule has 4 N–H and O–H groups in total. The molecule has 2 aromatic rings. The lowest BCUT2D eigenvalue weighted by atomic mass is 10.0. The van der Waals surface area contributed by atoms with Crippen LogP contribution in [0, 0.1) is 0 Å². The van der Waals surface area contributed by atoms with E-state index in [0.717, 1.165) is 16.8 Å². The molecule has 0 aliphatic rings. The Bertz CT molecular complexity index is 891. The highest BCUT2D eigenvalue weighted by Gasteiger charge is 2.14. The van der Waals surface area contributed by atoms with Crippen molar-refractivity contribution in [3.63, 3.8) is 0 Å². The average molecular weight is 385 g/mol. The van der Waals surface area contributed by atoms with Crippen LogP contribution in [-0.2, 0) is 0 Å². The monoisotopic (exact) mass is 385 g/mol. The fraction of sp³-hybridized carbons (Fsp3) is 0.286. The van der Waals surface area contributed by atoms with Crippen molar-refractivity contribution in [2.24, 2.45) is 16.5 Å². The highest BCUT2D eigenvalue weighted by atomic mass is 16.5. The van der Waals surface area contributed by atoms with Crippen LogP contribution in [0.25, 0.3) is 11.4 Å². The SMILES string of the molecule is COc1ccc(/C(N)=C(/N=C(C)CN)c2ccc(OC)c(OC)c2)cc1OC. The van der Waals surface area contributed by atoms with E-state index in [9.17, 15) is 0 Å². The number of hydrogen-bond donors (Lipinski definition) is 2. The summed E-state index contributed by atoms with van der Waals surface area (Å²) in [5, 5.41) is 0. The topological polar surface area (TPSA) is 101 Å². The lowest BCUT2D eigenvalue weighted by Gasteiger charge is -2.14. The molecule has 150 valence electrons. The summed E-state index contributed by atoms with van der Waals surface area (Å²) in [5.41, 5.74) is 15.6. The molecule has 0 amide bonds. The molecule has 7 heteroatoms. The molecule has 0 unspecified atom stereocenters. The summed E-state index contributed by atoms with van der Waals surface area (Å²) >= 11 is 0. The van der Waals surface area contributed by atoms with Crippen LogP contribution in [-0.4, -0.2) is 40.7 Å². The quantitative estimate of drug-likeness (QED) is 0.535. The predicted molar refractivity (Wildman–Crippen MR) is 112 cm³/mol. The molecule has 0 bridgehead atoms. The van der Waals surface area contributed by atoms with Crippen molar-refractivity contribution in [3.8, 4) is 23.0 Å². The minimum Gasteiger partial charge on any atom is -0.493 e. The van der Waals surface area contributed by atoms with Crippen molar-refractivity contribution in [1.82, 2.24) is 0 Å². The van der Waals surface area contributed by atoms with Crippen molar-refractivity contribution in [2.75, 3.05) is 35.0 Å². The molecule has 0 saturated heterocycles. The number of benzene rings is 2. The van der Waals surface area contributed by atoms with Crippen LogP contribution >= 0.6 is 0 Å². The molecule has 0 aliphatic heterocycles. The Kier molecular flexibility index (Phi) is 7.28. The maximum absolute atomic E-state index is 6.51. The molecule has 0 spiro atoms.